The zero-order chi connectivity index (χ0) is 15.8. The summed E-state index contributed by atoms with van der Waals surface area (Å²) in [6.07, 6.45) is 5.61. The van der Waals surface area contributed by atoms with E-state index in [9.17, 15) is 0 Å². The molecule has 1 fully saturated rings. The van der Waals surface area contributed by atoms with Crippen LogP contribution < -0.4 is 0 Å². The summed E-state index contributed by atoms with van der Waals surface area (Å²) in [5.41, 5.74) is 4.19. The van der Waals surface area contributed by atoms with E-state index in [1.165, 1.54) is 38.8 Å². The van der Waals surface area contributed by atoms with Gasteiger partial charge in [0.05, 0.1) is 0 Å². The van der Waals surface area contributed by atoms with Gasteiger partial charge in [-0.25, -0.2) is 0 Å². The Morgan fingerprint density at radius 3 is 2.14 bits per heavy atom. The van der Waals surface area contributed by atoms with Crippen molar-refractivity contribution in [2.24, 2.45) is 23.2 Å². The molecule has 1 spiro atoms. The van der Waals surface area contributed by atoms with Crippen LogP contribution in [0.4, 0.5) is 0 Å². The lowest BCUT2D eigenvalue weighted by molar-refractivity contribution is 0.211. The van der Waals surface area contributed by atoms with Crippen LogP contribution in [0.1, 0.15) is 74.1 Å². The number of hydrogen-bond acceptors (Lipinski definition) is 1. The van der Waals surface area contributed by atoms with Crippen molar-refractivity contribution in [1.29, 1.82) is 0 Å². The van der Waals surface area contributed by atoms with Crippen LogP contribution in [0.3, 0.4) is 0 Å². The molecular weight excluding hydrogens is 254 g/mol. The van der Waals surface area contributed by atoms with E-state index in [4.69, 9.17) is 0 Å². The topological polar surface area (TPSA) is 3.24 Å². The second kappa shape index (κ2) is 6.44. The summed E-state index contributed by atoms with van der Waals surface area (Å²) in [4.78, 5) is 2.70. The van der Waals surface area contributed by atoms with Crippen LogP contribution in [0, 0.1) is 23.2 Å². The summed E-state index contributed by atoms with van der Waals surface area (Å²) in [7, 11) is 0. The van der Waals surface area contributed by atoms with E-state index in [0.29, 0.717) is 11.5 Å². The fraction of sp³-hybridized carbons (Fsp3) is 0.900. The van der Waals surface area contributed by atoms with Crippen LogP contribution >= 0.6 is 0 Å². The zero-order valence-electron chi connectivity index (χ0n) is 15.5. The Balaban J connectivity index is 2.33. The lowest BCUT2D eigenvalue weighted by Crippen LogP contribution is -2.33. The SMILES string of the molecule is CC(C)C1=C(C(C)C)C2(CCCN(C(C)C)CC2)CC1C. The second-order valence-electron chi connectivity index (χ2n) is 8.55. The molecule has 0 aromatic carbocycles. The molecule has 21 heavy (non-hydrogen) atoms. The normalized spacial score (nSPS) is 32.0. The van der Waals surface area contributed by atoms with Crippen molar-refractivity contribution < 1.29 is 0 Å². The maximum atomic E-state index is 2.70. The monoisotopic (exact) mass is 291 g/mol. The average Bonchev–Trinajstić information content (AvgIpc) is 2.52. The first-order valence-corrected chi connectivity index (χ1v) is 9.27. The second-order valence-corrected chi connectivity index (χ2v) is 8.55. The number of hydrogen-bond donors (Lipinski definition) is 0. The molecule has 1 heteroatoms. The van der Waals surface area contributed by atoms with Gasteiger partial charge in [-0.3, -0.25) is 0 Å². The molecule has 0 radical (unpaired) electrons. The Hall–Kier alpha value is -0.300. The highest BCUT2D eigenvalue weighted by molar-refractivity contribution is 5.33. The minimum Gasteiger partial charge on any atom is -0.301 e. The third kappa shape index (κ3) is 3.23. The van der Waals surface area contributed by atoms with Crippen molar-refractivity contribution in [3.05, 3.63) is 11.1 Å². The molecule has 2 unspecified atom stereocenters. The largest absolute Gasteiger partial charge is 0.301 e. The van der Waals surface area contributed by atoms with Crippen LogP contribution in [-0.2, 0) is 0 Å². The Bertz CT molecular complexity index is 391. The summed E-state index contributed by atoms with van der Waals surface area (Å²) in [5.74, 6) is 2.24. The lowest BCUT2D eigenvalue weighted by atomic mass is 9.70. The number of nitrogens with zero attached hydrogens (tertiary/aromatic N) is 1. The molecule has 0 saturated carbocycles. The third-order valence-corrected chi connectivity index (χ3v) is 6.02. The average molecular weight is 292 g/mol. The molecule has 0 bridgehead atoms. The predicted molar refractivity (Wildman–Crippen MR) is 93.5 cm³/mol. The number of rotatable bonds is 3. The van der Waals surface area contributed by atoms with Crippen molar-refractivity contribution in [2.75, 3.05) is 13.1 Å². The molecule has 1 aliphatic heterocycles. The van der Waals surface area contributed by atoms with Gasteiger partial charge in [-0.1, -0.05) is 45.8 Å². The van der Waals surface area contributed by atoms with Gasteiger partial charge >= 0.3 is 0 Å². The van der Waals surface area contributed by atoms with Crippen molar-refractivity contribution >= 4 is 0 Å². The van der Waals surface area contributed by atoms with Gasteiger partial charge in [-0.2, -0.15) is 0 Å². The summed E-state index contributed by atoms with van der Waals surface area (Å²) < 4.78 is 0. The Morgan fingerprint density at radius 1 is 0.952 bits per heavy atom. The predicted octanol–water partition coefficient (Wildman–Crippen LogP) is 5.52. The standard InChI is InChI=1S/C20H37N/c1-14(2)18-17(7)13-20(19(18)15(3)4)9-8-11-21(12-10-20)16(5)6/h14-17H,8-13H2,1-7H3. The van der Waals surface area contributed by atoms with E-state index >= 15 is 0 Å². The highest BCUT2D eigenvalue weighted by Gasteiger charge is 2.45. The van der Waals surface area contributed by atoms with Gasteiger partial charge in [0.15, 0.2) is 0 Å². The van der Waals surface area contributed by atoms with Crippen LogP contribution in [0.25, 0.3) is 0 Å². The van der Waals surface area contributed by atoms with Crippen molar-refractivity contribution in [3.63, 3.8) is 0 Å². The lowest BCUT2D eigenvalue weighted by Gasteiger charge is -2.35. The number of allylic oxidation sites excluding steroid dienone is 2. The first kappa shape index (κ1) is 17.1. The van der Waals surface area contributed by atoms with E-state index in [0.717, 1.165) is 17.8 Å². The summed E-state index contributed by atoms with van der Waals surface area (Å²) in [6, 6.07) is 0.704. The minimum absolute atomic E-state index is 0.525. The molecule has 1 aliphatic carbocycles. The van der Waals surface area contributed by atoms with Crippen LogP contribution in [-0.4, -0.2) is 24.0 Å². The minimum atomic E-state index is 0.525. The van der Waals surface area contributed by atoms with Gasteiger partial charge in [-0.05, 0) is 75.8 Å². The fourth-order valence-electron chi connectivity index (χ4n) is 5.41. The fourth-order valence-corrected chi connectivity index (χ4v) is 5.41. The van der Waals surface area contributed by atoms with Gasteiger partial charge in [0.1, 0.15) is 0 Å². The third-order valence-electron chi connectivity index (χ3n) is 6.02. The van der Waals surface area contributed by atoms with Gasteiger partial charge < -0.3 is 4.90 Å². The van der Waals surface area contributed by atoms with Crippen molar-refractivity contribution in [2.45, 2.75) is 80.2 Å². The van der Waals surface area contributed by atoms with E-state index < -0.39 is 0 Å². The highest BCUT2D eigenvalue weighted by atomic mass is 15.1. The van der Waals surface area contributed by atoms with E-state index in [2.05, 4.69) is 53.4 Å². The molecule has 0 amide bonds. The Morgan fingerprint density at radius 2 is 1.62 bits per heavy atom. The summed E-state index contributed by atoms with van der Waals surface area (Å²) >= 11 is 0. The molecule has 1 nitrogen and oxygen atoms in total. The van der Waals surface area contributed by atoms with Gasteiger partial charge in [-0.15, -0.1) is 0 Å². The van der Waals surface area contributed by atoms with Gasteiger partial charge in [0, 0.05) is 6.04 Å². The van der Waals surface area contributed by atoms with Crippen LogP contribution in [0.2, 0.25) is 0 Å². The van der Waals surface area contributed by atoms with E-state index in [-0.39, 0.29) is 0 Å². The molecule has 0 aromatic rings. The van der Waals surface area contributed by atoms with Crippen LogP contribution in [0.5, 0.6) is 0 Å². The molecule has 1 heterocycles. The first-order valence-electron chi connectivity index (χ1n) is 9.27. The highest BCUT2D eigenvalue weighted by Crippen LogP contribution is 2.56. The summed E-state index contributed by atoms with van der Waals surface area (Å²) in [6.45, 7) is 19.5. The zero-order valence-corrected chi connectivity index (χ0v) is 15.5. The van der Waals surface area contributed by atoms with E-state index in [1.54, 1.807) is 0 Å². The van der Waals surface area contributed by atoms with Gasteiger partial charge in [0.2, 0.25) is 0 Å². The molecular formula is C20H37N. The molecule has 1 saturated heterocycles. The Kier molecular flexibility index (Phi) is 5.23. The number of likely N-dealkylation sites (tertiary alicyclic amines) is 1. The van der Waals surface area contributed by atoms with Crippen molar-refractivity contribution in [1.82, 2.24) is 4.90 Å². The molecule has 2 atom stereocenters. The summed E-state index contributed by atoms with van der Waals surface area (Å²) in [5, 5.41) is 0. The first-order chi connectivity index (χ1) is 9.78. The molecule has 0 aromatic heterocycles. The maximum absolute atomic E-state index is 2.70. The smallest absolute Gasteiger partial charge is 0.00385 e. The van der Waals surface area contributed by atoms with E-state index in [1.807, 2.05) is 11.1 Å². The molecule has 122 valence electrons. The quantitative estimate of drug-likeness (QED) is 0.619. The Labute approximate surface area is 133 Å². The van der Waals surface area contributed by atoms with Gasteiger partial charge in [0.25, 0.3) is 0 Å². The van der Waals surface area contributed by atoms with Crippen molar-refractivity contribution in [3.8, 4) is 0 Å². The van der Waals surface area contributed by atoms with Crippen LogP contribution in [0.15, 0.2) is 11.1 Å². The maximum Gasteiger partial charge on any atom is 0.00385 e. The molecule has 2 rings (SSSR count). The molecule has 2 aliphatic rings. The molecule has 0 N–H and O–H groups in total.